The maximum Gasteiger partial charge on any atom is 0.333 e. The van der Waals surface area contributed by atoms with Crippen molar-refractivity contribution in [3.63, 3.8) is 0 Å². The van der Waals surface area contributed by atoms with E-state index in [1.165, 1.54) is 7.11 Å². The van der Waals surface area contributed by atoms with E-state index in [0.29, 0.717) is 17.9 Å². The lowest BCUT2D eigenvalue weighted by Gasteiger charge is -2.01. The van der Waals surface area contributed by atoms with Crippen LogP contribution in [0.3, 0.4) is 0 Å². The molecule has 0 fully saturated rings. The first-order valence-electron chi connectivity index (χ1n) is 3.55. The van der Waals surface area contributed by atoms with Crippen LogP contribution in [-0.2, 0) is 9.53 Å². The second-order valence-corrected chi connectivity index (χ2v) is 2.48. The third-order valence-electron chi connectivity index (χ3n) is 1.38. The van der Waals surface area contributed by atoms with Crippen LogP contribution >= 0.6 is 11.6 Å². The number of methoxy groups -OCH3 is 1. The van der Waals surface area contributed by atoms with Gasteiger partial charge in [0, 0.05) is 11.5 Å². The quantitative estimate of drug-likeness (QED) is 0.373. The zero-order valence-electron chi connectivity index (χ0n) is 6.89. The van der Waals surface area contributed by atoms with Crippen molar-refractivity contribution in [2.75, 3.05) is 13.0 Å². The molecule has 0 heterocycles. The van der Waals surface area contributed by atoms with Gasteiger partial charge in [-0.05, 0) is 19.8 Å². The molecule has 0 amide bonds. The Kier molecular flexibility index (Phi) is 5.94. The van der Waals surface area contributed by atoms with Gasteiger partial charge in [0.15, 0.2) is 0 Å². The molecule has 64 valence electrons. The summed E-state index contributed by atoms with van der Waals surface area (Å²) in [4.78, 5) is 10.9. The second kappa shape index (κ2) is 6.23. The Labute approximate surface area is 72.2 Å². The molecule has 0 saturated heterocycles. The fourth-order valence-electron chi connectivity index (χ4n) is 0.753. The summed E-state index contributed by atoms with van der Waals surface area (Å²) >= 11 is 5.47. The van der Waals surface area contributed by atoms with Crippen LogP contribution in [0.1, 0.15) is 19.8 Å². The molecule has 2 nitrogen and oxygen atoms in total. The van der Waals surface area contributed by atoms with E-state index in [1.807, 2.05) is 6.92 Å². The molecule has 0 aliphatic rings. The summed E-state index contributed by atoms with van der Waals surface area (Å²) in [5, 5.41) is 0. The van der Waals surface area contributed by atoms with E-state index < -0.39 is 0 Å². The van der Waals surface area contributed by atoms with Crippen molar-refractivity contribution >= 4 is 17.6 Å². The van der Waals surface area contributed by atoms with Crippen LogP contribution in [0.4, 0.5) is 0 Å². The Morgan fingerprint density at radius 1 is 1.64 bits per heavy atom. The van der Waals surface area contributed by atoms with Crippen LogP contribution in [0.15, 0.2) is 11.6 Å². The number of carbonyl (C=O) groups is 1. The van der Waals surface area contributed by atoms with E-state index in [0.717, 1.165) is 6.42 Å². The summed E-state index contributed by atoms with van der Waals surface area (Å²) < 4.78 is 4.55. The van der Waals surface area contributed by atoms with Crippen molar-refractivity contribution in [2.45, 2.75) is 19.8 Å². The highest BCUT2D eigenvalue weighted by molar-refractivity contribution is 6.17. The maximum absolute atomic E-state index is 10.9. The molecule has 11 heavy (non-hydrogen) atoms. The number of rotatable bonds is 4. The first kappa shape index (κ1) is 10.5. The molecule has 0 unspecified atom stereocenters. The number of hydrogen-bond donors (Lipinski definition) is 0. The monoisotopic (exact) mass is 176 g/mol. The molecule has 0 rings (SSSR count). The lowest BCUT2D eigenvalue weighted by Crippen LogP contribution is -2.04. The van der Waals surface area contributed by atoms with Gasteiger partial charge in [0.1, 0.15) is 0 Å². The van der Waals surface area contributed by atoms with E-state index in [1.54, 1.807) is 6.08 Å². The van der Waals surface area contributed by atoms with Crippen molar-refractivity contribution in [3.8, 4) is 0 Å². The number of esters is 1. The average molecular weight is 177 g/mol. The molecule has 0 aromatic carbocycles. The van der Waals surface area contributed by atoms with Crippen molar-refractivity contribution in [1.82, 2.24) is 0 Å². The number of ether oxygens (including phenoxy) is 1. The van der Waals surface area contributed by atoms with Gasteiger partial charge in [-0.15, -0.1) is 11.6 Å². The molecular formula is C8H13ClO2. The molecule has 0 aliphatic carbocycles. The lowest BCUT2D eigenvalue weighted by molar-refractivity contribution is -0.136. The standard InChI is InChI=1S/C8H13ClO2/c1-3-7(5-4-6-9)8(10)11-2/h3H,4-6H2,1-2H3/b7-3+. The first-order valence-corrected chi connectivity index (χ1v) is 4.09. The molecule has 0 aliphatic heterocycles. The number of alkyl halides is 1. The minimum atomic E-state index is -0.252. The Hall–Kier alpha value is -0.500. The molecule has 0 saturated carbocycles. The predicted molar refractivity (Wildman–Crippen MR) is 45.7 cm³/mol. The second-order valence-electron chi connectivity index (χ2n) is 2.10. The largest absolute Gasteiger partial charge is 0.466 e. The maximum atomic E-state index is 10.9. The molecule has 0 aromatic rings. The molecular weight excluding hydrogens is 164 g/mol. The first-order chi connectivity index (χ1) is 5.26. The molecule has 0 atom stereocenters. The van der Waals surface area contributed by atoms with Gasteiger partial charge in [-0.2, -0.15) is 0 Å². The fourth-order valence-corrected chi connectivity index (χ4v) is 0.886. The smallest absolute Gasteiger partial charge is 0.333 e. The minimum Gasteiger partial charge on any atom is -0.466 e. The Bertz CT molecular complexity index is 152. The summed E-state index contributed by atoms with van der Waals surface area (Å²) in [6, 6.07) is 0. The Balaban J connectivity index is 3.87. The summed E-state index contributed by atoms with van der Waals surface area (Å²) in [5.74, 6) is 0.326. The molecule has 0 aromatic heterocycles. The van der Waals surface area contributed by atoms with Crippen molar-refractivity contribution < 1.29 is 9.53 Å². The van der Waals surface area contributed by atoms with Crippen LogP contribution in [-0.4, -0.2) is 19.0 Å². The van der Waals surface area contributed by atoms with Gasteiger partial charge >= 0.3 is 5.97 Å². The summed E-state index contributed by atoms with van der Waals surface area (Å²) in [5.41, 5.74) is 0.702. The third kappa shape index (κ3) is 4.04. The molecule has 0 bridgehead atoms. The highest BCUT2D eigenvalue weighted by atomic mass is 35.5. The van der Waals surface area contributed by atoms with Gasteiger partial charge in [0.2, 0.25) is 0 Å². The minimum absolute atomic E-state index is 0.252. The number of carbonyl (C=O) groups excluding carboxylic acids is 1. The van der Waals surface area contributed by atoms with E-state index in [9.17, 15) is 4.79 Å². The average Bonchev–Trinajstić information content (AvgIpc) is 2.05. The van der Waals surface area contributed by atoms with Crippen molar-refractivity contribution in [1.29, 1.82) is 0 Å². The van der Waals surface area contributed by atoms with Gasteiger partial charge in [-0.25, -0.2) is 4.79 Å². The number of halogens is 1. The summed E-state index contributed by atoms with van der Waals surface area (Å²) in [6.45, 7) is 1.82. The van der Waals surface area contributed by atoms with Crippen LogP contribution in [0.25, 0.3) is 0 Å². The highest BCUT2D eigenvalue weighted by Gasteiger charge is 2.06. The van der Waals surface area contributed by atoms with Crippen molar-refractivity contribution in [2.24, 2.45) is 0 Å². The zero-order valence-corrected chi connectivity index (χ0v) is 7.65. The summed E-state index contributed by atoms with van der Waals surface area (Å²) in [6.07, 6.45) is 3.28. The normalized spacial score (nSPS) is 11.4. The topological polar surface area (TPSA) is 26.3 Å². The molecule has 0 spiro atoms. The Morgan fingerprint density at radius 2 is 2.27 bits per heavy atom. The van der Waals surface area contributed by atoms with Gasteiger partial charge in [-0.1, -0.05) is 6.08 Å². The highest BCUT2D eigenvalue weighted by Crippen LogP contribution is 2.07. The third-order valence-corrected chi connectivity index (χ3v) is 1.64. The predicted octanol–water partition coefficient (Wildman–Crippen LogP) is 2.12. The zero-order chi connectivity index (χ0) is 8.69. The molecule has 0 N–H and O–H groups in total. The molecule has 0 radical (unpaired) electrons. The van der Waals surface area contributed by atoms with Crippen molar-refractivity contribution in [3.05, 3.63) is 11.6 Å². The van der Waals surface area contributed by atoms with E-state index >= 15 is 0 Å². The number of allylic oxidation sites excluding steroid dienone is 1. The van der Waals surface area contributed by atoms with E-state index in [2.05, 4.69) is 4.74 Å². The van der Waals surface area contributed by atoms with E-state index in [-0.39, 0.29) is 5.97 Å². The van der Waals surface area contributed by atoms with E-state index in [4.69, 9.17) is 11.6 Å². The SMILES string of the molecule is C/C=C(\CCCCl)C(=O)OC. The summed E-state index contributed by atoms with van der Waals surface area (Å²) in [7, 11) is 1.38. The van der Waals surface area contributed by atoms with Crippen LogP contribution in [0.5, 0.6) is 0 Å². The Morgan fingerprint density at radius 3 is 2.64 bits per heavy atom. The van der Waals surface area contributed by atoms with Gasteiger partial charge in [0.05, 0.1) is 7.11 Å². The number of hydrogen-bond acceptors (Lipinski definition) is 2. The molecule has 3 heteroatoms. The van der Waals surface area contributed by atoms with Crippen LogP contribution < -0.4 is 0 Å². The van der Waals surface area contributed by atoms with Gasteiger partial charge in [0.25, 0.3) is 0 Å². The van der Waals surface area contributed by atoms with Crippen LogP contribution in [0, 0.1) is 0 Å². The van der Waals surface area contributed by atoms with Crippen LogP contribution in [0.2, 0.25) is 0 Å². The van der Waals surface area contributed by atoms with Gasteiger partial charge < -0.3 is 4.74 Å². The fraction of sp³-hybridized carbons (Fsp3) is 0.625. The lowest BCUT2D eigenvalue weighted by atomic mass is 10.1. The van der Waals surface area contributed by atoms with Gasteiger partial charge in [-0.3, -0.25) is 0 Å².